The van der Waals surface area contributed by atoms with Crippen LogP contribution in [0.15, 0.2) is 39.9 Å². The van der Waals surface area contributed by atoms with Crippen LogP contribution in [0.2, 0.25) is 0 Å². The second-order valence-corrected chi connectivity index (χ2v) is 6.41. The zero-order valence-corrected chi connectivity index (χ0v) is 15.4. The van der Waals surface area contributed by atoms with Crippen LogP contribution in [0.4, 0.5) is 0 Å². The summed E-state index contributed by atoms with van der Waals surface area (Å²) < 4.78 is 16.9. The highest BCUT2D eigenvalue weighted by molar-refractivity contribution is 9.10. The molecule has 0 atom stereocenters. The minimum absolute atomic E-state index is 0.109. The van der Waals surface area contributed by atoms with Gasteiger partial charge in [0.2, 0.25) is 6.79 Å². The topological polar surface area (TPSA) is 69.2 Å². The number of ether oxygens (including phenoxy) is 3. The Balaban J connectivity index is 1.53. The Morgan fingerprint density at radius 2 is 2.00 bits per heavy atom. The highest BCUT2D eigenvalue weighted by atomic mass is 79.9. The number of hydrogen-bond acceptors (Lipinski definition) is 5. The first-order valence-corrected chi connectivity index (χ1v) is 8.43. The molecule has 0 aromatic heterocycles. The van der Waals surface area contributed by atoms with E-state index in [1.165, 1.54) is 11.8 Å². The first-order valence-electron chi connectivity index (χ1n) is 7.64. The van der Waals surface area contributed by atoms with Gasteiger partial charge in [0.25, 0.3) is 5.91 Å². The van der Waals surface area contributed by atoms with Gasteiger partial charge in [0.15, 0.2) is 18.1 Å². The third-order valence-electron chi connectivity index (χ3n) is 3.73. The summed E-state index contributed by atoms with van der Waals surface area (Å²) in [6.07, 6.45) is 1.53. The van der Waals surface area contributed by atoms with Gasteiger partial charge < -0.3 is 14.2 Å². The number of amides is 1. The Hall–Kier alpha value is -2.54. The number of hydrogen-bond donors (Lipinski definition) is 1. The lowest BCUT2D eigenvalue weighted by Gasteiger charge is -2.07. The van der Waals surface area contributed by atoms with Crippen molar-refractivity contribution in [3.8, 4) is 17.2 Å². The van der Waals surface area contributed by atoms with E-state index in [0.717, 1.165) is 15.6 Å². The number of rotatable bonds is 5. The summed E-state index contributed by atoms with van der Waals surface area (Å²) in [6, 6.07) is 9.28. The Bertz CT molecular complexity index is 836. The third-order valence-corrected chi connectivity index (χ3v) is 4.42. The smallest absolute Gasteiger partial charge is 0.277 e. The molecule has 0 bridgehead atoms. The Morgan fingerprint density at radius 3 is 2.76 bits per heavy atom. The normalized spacial score (nSPS) is 12.4. The van der Waals surface area contributed by atoms with Crippen molar-refractivity contribution in [2.75, 3.05) is 13.4 Å². The molecule has 1 aliphatic heterocycles. The number of halogens is 1. The summed E-state index contributed by atoms with van der Waals surface area (Å²) in [6.45, 7) is 4.11. The zero-order valence-electron chi connectivity index (χ0n) is 13.8. The van der Waals surface area contributed by atoms with E-state index in [9.17, 15) is 4.79 Å². The van der Waals surface area contributed by atoms with Crippen molar-refractivity contribution in [1.82, 2.24) is 5.43 Å². The van der Waals surface area contributed by atoms with Gasteiger partial charge in [-0.1, -0.05) is 6.07 Å². The molecule has 0 aliphatic carbocycles. The average molecular weight is 405 g/mol. The SMILES string of the molecule is Cc1ccc(OCC(=O)N/N=C/c2cc3c(cc2Br)OCO3)cc1C. The van der Waals surface area contributed by atoms with Gasteiger partial charge in [-0.25, -0.2) is 5.43 Å². The van der Waals surface area contributed by atoms with E-state index in [1.807, 2.05) is 32.0 Å². The number of benzene rings is 2. The predicted molar refractivity (Wildman–Crippen MR) is 97.4 cm³/mol. The highest BCUT2D eigenvalue weighted by Crippen LogP contribution is 2.36. The van der Waals surface area contributed by atoms with Crippen molar-refractivity contribution in [2.24, 2.45) is 5.10 Å². The molecule has 2 aromatic carbocycles. The second kappa shape index (κ2) is 7.57. The number of hydrazone groups is 1. The van der Waals surface area contributed by atoms with E-state index >= 15 is 0 Å². The molecule has 6 nitrogen and oxygen atoms in total. The first-order chi connectivity index (χ1) is 12.0. The van der Waals surface area contributed by atoms with Gasteiger partial charge in [0, 0.05) is 10.0 Å². The van der Waals surface area contributed by atoms with E-state index in [4.69, 9.17) is 14.2 Å². The molecule has 1 aliphatic rings. The maximum absolute atomic E-state index is 11.8. The molecule has 0 saturated carbocycles. The minimum Gasteiger partial charge on any atom is -0.484 e. The van der Waals surface area contributed by atoms with E-state index in [1.54, 1.807) is 12.1 Å². The largest absolute Gasteiger partial charge is 0.484 e. The monoisotopic (exact) mass is 404 g/mol. The molecule has 2 aromatic rings. The third kappa shape index (κ3) is 4.30. The molecule has 0 unspecified atom stereocenters. The van der Waals surface area contributed by atoms with Gasteiger partial charge in [-0.15, -0.1) is 0 Å². The second-order valence-electron chi connectivity index (χ2n) is 5.55. The number of carbonyl (C=O) groups excluding carboxylic acids is 1. The molecule has 3 rings (SSSR count). The molecule has 25 heavy (non-hydrogen) atoms. The van der Waals surface area contributed by atoms with Crippen LogP contribution >= 0.6 is 15.9 Å². The standard InChI is InChI=1S/C18H17BrN2O4/c1-11-3-4-14(5-12(11)2)23-9-18(22)21-20-8-13-6-16-17(7-15(13)19)25-10-24-16/h3-8H,9-10H2,1-2H3,(H,21,22)/b20-8+. The van der Waals surface area contributed by atoms with Crippen LogP contribution in [0.1, 0.15) is 16.7 Å². The van der Waals surface area contributed by atoms with Crippen LogP contribution < -0.4 is 19.6 Å². The molecule has 1 amide bonds. The van der Waals surface area contributed by atoms with E-state index in [0.29, 0.717) is 17.2 Å². The first kappa shape index (κ1) is 17.3. The average Bonchev–Trinajstić information content (AvgIpc) is 3.03. The van der Waals surface area contributed by atoms with Crippen molar-refractivity contribution in [3.63, 3.8) is 0 Å². The molecule has 7 heteroatoms. The van der Waals surface area contributed by atoms with Gasteiger partial charge >= 0.3 is 0 Å². The lowest BCUT2D eigenvalue weighted by Crippen LogP contribution is -2.24. The maximum Gasteiger partial charge on any atom is 0.277 e. The minimum atomic E-state index is -0.341. The van der Waals surface area contributed by atoms with Crippen LogP contribution in [0.5, 0.6) is 17.2 Å². The Kier molecular flexibility index (Phi) is 5.23. The molecule has 130 valence electrons. The Morgan fingerprint density at radius 1 is 1.24 bits per heavy atom. The van der Waals surface area contributed by atoms with Gasteiger partial charge in [-0.3, -0.25) is 4.79 Å². The fraction of sp³-hybridized carbons (Fsp3) is 0.222. The lowest BCUT2D eigenvalue weighted by molar-refractivity contribution is -0.123. The summed E-state index contributed by atoms with van der Waals surface area (Å²) in [5.74, 6) is 1.64. The molecule has 1 N–H and O–H groups in total. The fourth-order valence-electron chi connectivity index (χ4n) is 2.19. The maximum atomic E-state index is 11.8. The zero-order chi connectivity index (χ0) is 17.8. The molecular formula is C18H17BrN2O4. The van der Waals surface area contributed by atoms with Crippen molar-refractivity contribution in [2.45, 2.75) is 13.8 Å². The predicted octanol–water partition coefficient (Wildman–Crippen LogP) is 3.32. The van der Waals surface area contributed by atoms with Crippen LogP contribution in [0, 0.1) is 13.8 Å². The number of aryl methyl sites for hydroxylation is 2. The molecule has 0 spiro atoms. The van der Waals surface area contributed by atoms with Crippen molar-refractivity contribution < 1.29 is 19.0 Å². The van der Waals surface area contributed by atoms with Crippen LogP contribution in [-0.2, 0) is 4.79 Å². The quantitative estimate of drug-likeness (QED) is 0.612. The molecular weight excluding hydrogens is 388 g/mol. The fourth-order valence-corrected chi connectivity index (χ4v) is 2.62. The van der Waals surface area contributed by atoms with Crippen molar-refractivity contribution in [1.29, 1.82) is 0 Å². The summed E-state index contributed by atoms with van der Waals surface area (Å²) in [5, 5.41) is 3.94. The van der Waals surface area contributed by atoms with E-state index in [2.05, 4.69) is 26.5 Å². The van der Waals surface area contributed by atoms with Gasteiger partial charge in [0.1, 0.15) is 5.75 Å². The van der Waals surface area contributed by atoms with Crippen LogP contribution in [0.3, 0.4) is 0 Å². The van der Waals surface area contributed by atoms with Gasteiger partial charge in [-0.2, -0.15) is 5.10 Å². The summed E-state index contributed by atoms with van der Waals surface area (Å²) in [4.78, 5) is 11.8. The van der Waals surface area contributed by atoms with Crippen LogP contribution in [0.25, 0.3) is 0 Å². The molecule has 0 fully saturated rings. The summed E-state index contributed by atoms with van der Waals surface area (Å²) in [5.41, 5.74) is 5.49. The molecule has 1 heterocycles. The molecule has 0 radical (unpaired) electrons. The van der Waals surface area contributed by atoms with Gasteiger partial charge in [0.05, 0.1) is 6.21 Å². The number of fused-ring (bicyclic) bond motifs is 1. The number of carbonyl (C=O) groups is 1. The Labute approximate surface area is 153 Å². The van der Waals surface area contributed by atoms with E-state index < -0.39 is 0 Å². The number of nitrogens with one attached hydrogen (secondary N) is 1. The van der Waals surface area contributed by atoms with Crippen molar-refractivity contribution >= 4 is 28.1 Å². The number of nitrogens with zero attached hydrogens (tertiary/aromatic N) is 1. The van der Waals surface area contributed by atoms with Crippen LogP contribution in [-0.4, -0.2) is 25.5 Å². The summed E-state index contributed by atoms with van der Waals surface area (Å²) >= 11 is 3.43. The summed E-state index contributed by atoms with van der Waals surface area (Å²) in [7, 11) is 0. The molecule has 0 saturated heterocycles. The highest BCUT2D eigenvalue weighted by Gasteiger charge is 2.15. The van der Waals surface area contributed by atoms with E-state index in [-0.39, 0.29) is 19.3 Å². The van der Waals surface area contributed by atoms with Crippen molar-refractivity contribution in [3.05, 3.63) is 51.5 Å². The lowest BCUT2D eigenvalue weighted by atomic mass is 10.1. The van der Waals surface area contributed by atoms with Gasteiger partial charge in [-0.05, 0) is 65.2 Å².